The maximum Gasteiger partial charge on any atom is 0.322 e. The van der Waals surface area contributed by atoms with Crippen molar-refractivity contribution in [3.63, 3.8) is 0 Å². The normalized spacial score (nSPS) is 23.8. The summed E-state index contributed by atoms with van der Waals surface area (Å²) in [6, 6.07) is 2.73. The lowest BCUT2D eigenvalue weighted by molar-refractivity contribution is 0.0572. The largest absolute Gasteiger partial charge is 0.388 e. The van der Waals surface area contributed by atoms with Gasteiger partial charge in [0.25, 0.3) is 0 Å². The molecule has 1 fully saturated rings. The third-order valence-electron chi connectivity index (χ3n) is 2.52. The summed E-state index contributed by atoms with van der Waals surface area (Å²) >= 11 is 5.68. The van der Waals surface area contributed by atoms with Gasteiger partial charge in [0.15, 0.2) is 0 Å². The second-order valence-corrected chi connectivity index (χ2v) is 4.22. The fourth-order valence-electron chi connectivity index (χ4n) is 1.62. The molecule has 0 radical (unpaired) electrons. The lowest BCUT2D eigenvalue weighted by atomic mass is 10.3. The molecule has 2 rings (SSSR count). The number of pyridine rings is 1. The number of likely N-dealkylation sites (tertiary alicyclic amines) is 1. The van der Waals surface area contributed by atoms with Crippen LogP contribution in [-0.4, -0.2) is 51.4 Å². The molecule has 2 amide bonds. The molecular formula is C10H12ClN3O3. The van der Waals surface area contributed by atoms with Gasteiger partial charge in [-0.05, 0) is 12.1 Å². The number of urea groups is 1. The third kappa shape index (κ3) is 2.85. The highest BCUT2D eigenvalue weighted by Crippen LogP contribution is 2.15. The number of carbonyl (C=O) groups excluding carboxylic acids is 1. The second-order valence-electron chi connectivity index (χ2n) is 3.84. The van der Waals surface area contributed by atoms with Gasteiger partial charge in [-0.1, -0.05) is 11.6 Å². The van der Waals surface area contributed by atoms with Crippen molar-refractivity contribution >= 4 is 23.3 Å². The third-order valence-corrected chi connectivity index (χ3v) is 2.73. The van der Waals surface area contributed by atoms with E-state index in [2.05, 4.69) is 10.3 Å². The summed E-state index contributed by atoms with van der Waals surface area (Å²) in [4.78, 5) is 16.9. The number of nitrogens with one attached hydrogen (secondary N) is 1. The molecule has 6 nitrogen and oxygen atoms in total. The highest BCUT2D eigenvalue weighted by molar-refractivity contribution is 6.29. The lowest BCUT2D eigenvalue weighted by Crippen LogP contribution is -2.33. The number of aliphatic hydroxyl groups excluding tert-OH is 2. The Hall–Kier alpha value is -1.37. The minimum absolute atomic E-state index is 0.117. The Morgan fingerprint density at radius 2 is 2.12 bits per heavy atom. The number of hydrogen-bond acceptors (Lipinski definition) is 4. The molecule has 1 aromatic rings. The van der Waals surface area contributed by atoms with E-state index in [1.54, 1.807) is 6.07 Å². The standard InChI is InChI=1S/C10H12ClN3O3/c11-9-3-6(1-2-12-9)13-10(17)14-4-7(15)8(16)5-14/h1-3,7-8,15-16H,4-5H2,(H,12,13,17)/t7-,8+. The molecule has 3 N–H and O–H groups in total. The number of hydrogen-bond donors (Lipinski definition) is 3. The first kappa shape index (κ1) is 12.1. The minimum atomic E-state index is -0.887. The van der Waals surface area contributed by atoms with Crippen molar-refractivity contribution in [3.8, 4) is 0 Å². The van der Waals surface area contributed by atoms with Crippen LogP contribution in [0.15, 0.2) is 18.3 Å². The van der Waals surface area contributed by atoms with Crippen molar-refractivity contribution in [1.82, 2.24) is 9.88 Å². The molecule has 1 aliphatic heterocycles. The van der Waals surface area contributed by atoms with Crippen LogP contribution in [0.4, 0.5) is 10.5 Å². The van der Waals surface area contributed by atoms with Crippen LogP contribution >= 0.6 is 11.6 Å². The number of rotatable bonds is 1. The van der Waals surface area contributed by atoms with Gasteiger partial charge in [0, 0.05) is 11.9 Å². The number of β-amino-alcohol motifs (C(OH)–C–C–N with tert-alkyl or cyclic N) is 2. The Morgan fingerprint density at radius 3 is 2.71 bits per heavy atom. The van der Waals surface area contributed by atoms with E-state index in [1.807, 2.05) is 0 Å². The van der Waals surface area contributed by atoms with Crippen LogP contribution in [0.1, 0.15) is 0 Å². The molecular weight excluding hydrogens is 246 g/mol. The van der Waals surface area contributed by atoms with Gasteiger partial charge in [0.05, 0.1) is 25.3 Å². The topological polar surface area (TPSA) is 85.7 Å². The number of nitrogens with zero attached hydrogens (tertiary/aromatic N) is 2. The lowest BCUT2D eigenvalue weighted by Gasteiger charge is -2.16. The summed E-state index contributed by atoms with van der Waals surface area (Å²) in [6.45, 7) is 0.234. The molecule has 92 valence electrons. The first-order valence-electron chi connectivity index (χ1n) is 5.10. The molecule has 0 saturated carbocycles. The van der Waals surface area contributed by atoms with Crippen molar-refractivity contribution in [3.05, 3.63) is 23.5 Å². The molecule has 1 aromatic heterocycles. The zero-order valence-corrected chi connectivity index (χ0v) is 9.63. The van der Waals surface area contributed by atoms with Gasteiger partial charge in [-0.3, -0.25) is 0 Å². The van der Waals surface area contributed by atoms with E-state index in [9.17, 15) is 15.0 Å². The molecule has 17 heavy (non-hydrogen) atoms. The molecule has 0 bridgehead atoms. The fourth-order valence-corrected chi connectivity index (χ4v) is 1.79. The van der Waals surface area contributed by atoms with Gasteiger partial charge < -0.3 is 20.4 Å². The van der Waals surface area contributed by atoms with Gasteiger partial charge >= 0.3 is 6.03 Å². The van der Waals surface area contributed by atoms with Gasteiger partial charge in [-0.15, -0.1) is 0 Å². The maximum absolute atomic E-state index is 11.7. The predicted octanol–water partition coefficient (Wildman–Crippen LogP) is 0.304. The van der Waals surface area contributed by atoms with Crippen LogP contribution in [-0.2, 0) is 0 Å². The van der Waals surface area contributed by atoms with Crippen molar-refractivity contribution in [2.24, 2.45) is 0 Å². The zero-order chi connectivity index (χ0) is 12.4. The van der Waals surface area contributed by atoms with Crippen molar-refractivity contribution < 1.29 is 15.0 Å². The maximum atomic E-state index is 11.7. The van der Waals surface area contributed by atoms with E-state index in [0.29, 0.717) is 5.69 Å². The number of amides is 2. The van der Waals surface area contributed by atoms with Gasteiger partial charge in [-0.2, -0.15) is 0 Å². The van der Waals surface area contributed by atoms with Gasteiger partial charge in [0.2, 0.25) is 0 Å². The summed E-state index contributed by atoms with van der Waals surface area (Å²) in [7, 11) is 0. The van der Waals surface area contributed by atoms with Crippen LogP contribution in [0, 0.1) is 0 Å². The molecule has 0 unspecified atom stereocenters. The Morgan fingerprint density at radius 1 is 1.47 bits per heavy atom. The monoisotopic (exact) mass is 257 g/mol. The van der Waals surface area contributed by atoms with Crippen LogP contribution in [0.5, 0.6) is 0 Å². The number of carbonyl (C=O) groups is 1. The Bertz CT molecular complexity index is 419. The number of aromatic nitrogens is 1. The molecule has 0 aromatic carbocycles. The van der Waals surface area contributed by atoms with E-state index in [1.165, 1.54) is 17.2 Å². The van der Waals surface area contributed by atoms with Crippen LogP contribution < -0.4 is 5.32 Å². The van der Waals surface area contributed by atoms with E-state index >= 15 is 0 Å². The predicted molar refractivity (Wildman–Crippen MR) is 61.9 cm³/mol. The molecule has 2 heterocycles. The van der Waals surface area contributed by atoms with E-state index < -0.39 is 12.2 Å². The average molecular weight is 258 g/mol. The molecule has 0 aliphatic carbocycles. The Kier molecular flexibility index (Phi) is 3.46. The summed E-state index contributed by atoms with van der Waals surface area (Å²) in [5.74, 6) is 0. The first-order chi connectivity index (χ1) is 8.06. The Balaban J connectivity index is 1.98. The van der Waals surface area contributed by atoms with E-state index in [4.69, 9.17) is 11.6 Å². The summed E-state index contributed by atoms with van der Waals surface area (Å²) in [5.41, 5.74) is 0.519. The summed E-state index contributed by atoms with van der Waals surface area (Å²) in [6.07, 6.45) is -0.297. The highest BCUT2D eigenvalue weighted by atomic mass is 35.5. The summed E-state index contributed by atoms with van der Waals surface area (Å²) in [5, 5.41) is 21.5. The zero-order valence-electron chi connectivity index (χ0n) is 8.88. The fraction of sp³-hybridized carbons (Fsp3) is 0.400. The van der Waals surface area contributed by atoms with E-state index in [-0.39, 0.29) is 24.3 Å². The second kappa shape index (κ2) is 4.87. The van der Waals surface area contributed by atoms with Gasteiger partial charge in [-0.25, -0.2) is 9.78 Å². The molecule has 2 atom stereocenters. The number of halogens is 1. The number of anilines is 1. The van der Waals surface area contributed by atoms with Crippen molar-refractivity contribution in [1.29, 1.82) is 0 Å². The smallest absolute Gasteiger partial charge is 0.322 e. The van der Waals surface area contributed by atoms with Crippen molar-refractivity contribution in [2.75, 3.05) is 18.4 Å². The first-order valence-corrected chi connectivity index (χ1v) is 5.47. The SMILES string of the molecule is O=C(Nc1ccnc(Cl)c1)N1C[C@@H](O)[C@@H](O)C1. The van der Waals surface area contributed by atoms with Crippen LogP contribution in [0.2, 0.25) is 5.15 Å². The number of aliphatic hydroxyl groups is 2. The van der Waals surface area contributed by atoms with E-state index in [0.717, 1.165) is 0 Å². The molecule has 0 spiro atoms. The Labute approximate surface area is 103 Å². The van der Waals surface area contributed by atoms with Crippen LogP contribution in [0.25, 0.3) is 0 Å². The van der Waals surface area contributed by atoms with Crippen LogP contribution in [0.3, 0.4) is 0 Å². The molecule has 1 saturated heterocycles. The molecule has 7 heteroatoms. The van der Waals surface area contributed by atoms with Crippen molar-refractivity contribution in [2.45, 2.75) is 12.2 Å². The quantitative estimate of drug-likeness (QED) is 0.632. The highest BCUT2D eigenvalue weighted by Gasteiger charge is 2.32. The summed E-state index contributed by atoms with van der Waals surface area (Å²) < 4.78 is 0. The average Bonchev–Trinajstić information content (AvgIpc) is 2.59. The van der Waals surface area contributed by atoms with Gasteiger partial charge in [0.1, 0.15) is 5.15 Å². The molecule has 1 aliphatic rings. The minimum Gasteiger partial charge on any atom is -0.388 e.